The summed E-state index contributed by atoms with van der Waals surface area (Å²) >= 11 is 0. The van der Waals surface area contributed by atoms with E-state index in [2.05, 4.69) is 4.98 Å². The van der Waals surface area contributed by atoms with Gasteiger partial charge in [0.1, 0.15) is 11.5 Å². The summed E-state index contributed by atoms with van der Waals surface area (Å²) < 4.78 is 5.78. The predicted octanol–water partition coefficient (Wildman–Crippen LogP) is 2.11. The molecule has 18 heavy (non-hydrogen) atoms. The second kappa shape index (κ2) is 4.46. The van der Waals surface area contributed by atoms with E-state index in [1.165, 1.54) is 0 Å². The Morgan fingerprint density at radius 1 is 1.44 bits per heavy atom. The van der Waals surface area contributed by atoms with Crippen LogP contribution in [0.4, 0.5) is 0 Å². The lowest BCUT2D eigenvalue weighted by Gasteiger charge is -2.17. The van der Waals surface area contributed by atoms with Gasteiger partial charge in [-0.25, -0.2) is 4.98 Å². The molecule has 0 fully saturated rings. The molecular weight excluding hydrogens is 228 g/mol. The number of hydrogen-bond donors (Lipinski definition) is 2. The SMILES string of the molecule is NCC1CCc2oc(-c3cccc(O)c3)nc2C1. The number of aromatic nitrogens is 1. The van der Waals surface area contributed by atoms with E-state index in [0.717, 1.165) is 36.3 Å². The summed E-state index contributed by atoms with van der Waals surface area (Å²) in [5.41, 5.74) is 7.54. The lowest BCUT2D eigenvalue weighted by molar-refractivity contribution is 0.413. The van der Waals surface area contributed by atoms with E-state index in [1.54, 1.807) is 18.2 Å². The number of rotatable bonds is 2. The van der Waals surface area contributed by atoms with Gasteiger partial charge < -0.3 is 15.3 Å². The molecule has 1 aliphatic rings. The van der Waals surface area contributed by atoms with Crippen molar-refractivity contribution >= 4 is 0 Å². The molecule has 4 heteroatoms. The first-order valence-corrected chi connectivity index (χ1v) is 6.24. The Morgan fingerprint density at radius 3 is 3.11 bits per heavy atom. The standard InChI is InChI=1S/C14H16N2O2/c15-8-9-4-5-13-12(6-9)16-14(18-13)10-2-1-3-11(17)7-10/h1-3,7,9,17H,4-6,8,15H2. The highest BCUT2D eigenvalue weighted by molar-refractivity contribution is 5.56. The average molecular weight is 244 g/mol. The third-order valence-corrected chi connectivity index (χ3v) is 3.47. The molecular formula is C14H16N2O2. The molecule has 2 aromatic rings. The summed E-state index contributed by atoms with van der Waals surface area (Å²) in [5.74, 6) is 2.30. The fourth-order valence-corrected chi connectivity index (χ4v) is 2.41. The van der Waals surface area contributed by atoms with Gasteiger partial charge in [-0.05, 0) is 43.5 Å². The van der Waals surface area contributed by atoms with E-state index in [1.807, 2.05) is 6.07 Å². The van der Waals surface area contributed by atoms with Crippen molar-refractivity contribution in [3.8, 4) is 17.2 Å². The summed E-state index contributed by atoms with van der Waals surface area (Å²) in [7, 11) is 0. The van der Waals surface area contributed by atoms with Crippen LogP contribution in [0.5, 0.6) is 5.75 Å². The van der Waals surface area contributed by atoms with Crippen molar-refractivity contribution in [3.63, 3.8) is 0 Å². The quantitative estimate of drug-likeness (QED) is 0.848. The van der Waals surface area contributed by atoms with Gasteiger partial charge >= 0.3 is 0 Å². The molecule has 4 nitrogen and oxygen atoms in total. The van der Waals surface area contributed by atoms with Crippen LogP contribution >= 0.6 is 0 Å². The molecule has 1 aliphatic carbocycles. The highest BCUT2D eigenvalue weighted by Gasteiger charge is 2.23. The number of fused-ring (bicyclic) bond motifs is 1. The summed E-state index contributed by atoms with van der Waals surface area (Å²) in [6.45, 7) is 0.702. The highest BCUT2D eigenvalue weighted by Crippen LogP contribution is 2.30. The molecule has 3 N–H and O–H groups in total. The Morgan fingerprint density at radius 2 is 2.33 bits per heavy atom. The van der Waals surface area contributed by atoms with Gasteiger partial charge in [-0.1, -0.05) is 6.07 Å². The van der Waals surface area contributed by atoms with E-state index in [4.69, 9.17) is 10.2 Å². The average Bonchev–Trinajstić information content (AvgIpc) is 2.81. The molecule has 1 heterocycles. The first kappa shape index (κ1) is 11.3. The summed E-state index contributed by atoms with van der Waals surface area (Å²) in [4.78, 5) is 4.53. The number of phenolic OH excluding ortho intramolecular Hbond substituents is 1. The summed E-state index contributed by atoms with van der Waals surface area (Å²) in [6, 6.07) is 6.97. The molecule has 0 saturated heterocycles. The number of phenols is 1. The highest BCUT2D eigenvalue weighted by atomic mass is 16.4. The zero-order valence-electron chi connectivity index (χ0n) is 10.1. The van der Waals surface area contributed by atoms with Crippen molar-refractivity contribution in [2.24, 2.45) is 11.7 Å². The van der Waals surface area contributed by atoms with Gasteiger partial charge in [-0.15, -0.1) is 0 Å². The van der Waals surface area contributed by atoms with Gasteiger partial charge in [0.2, 0.25) is 5.89 Å². The molecule has 0 amide bonds. The normalized spacial score (nSPS) is 18.6. The minimum absolute atomic E-state index is 0.225. The first-order valence-electron chi connectivity index (χ1n) is 6.24. The lowest BCUT2D eigenvalue weighted by Crippen LogP contribution is -2.21. The summed E-state index contributed by atoms with van der Waals surface area (Å²) in [5, 5.41) is 9.47. The van der Waals surface area contributed by atoms with Gasteiger partial charge in [0.25, 0.3) is 0 Å². The van der Waals surface area contributed by atoms with Crippen LogP contribution in [0.1, 0.15) is 17.9 Å². The number of aromatic hydroxyl groups is 1. The summed E-state index contributed by atoms with van der Waals surface area (Å²) in [6.07, 6.45) is 2.87. The van der Waals surface area contributed by atoms with Crippen LogP contribution < -0.4 is 5.73 Å². The molecule has 1 aromatic carbocycles. The third kappa shape index (κ3) is 1.99. The molecule has 0 spiro atoms. The van der Waals surface area contributed by atoms with Gasteiger partial charge in [-0.3, -0.25) is 0 Å². The molecule has 1 aromatic heterocycles. The van der Waals surface area contributed by atoms with Gasteiger partial charge in [0.05, 0.1) is 5.69 Å². The van der Waals surface area contributed by atoms with E-state index < -0.39 is 0 Å². The van der Waals surface area contributed by atoms with Crippen molar-refractivity contribution in [1.82, 2.24) is 4.98 Å². The zero-order valence-corrected chi connectivity index (χ0v) is 10.1. The van der Waals surface area contributed by atoms with Crippen molar-refractivity contribution in [2.45, 2.75) is 19.3 Å². The topological polar surface area (TPSA) is 72.3 Å². The maximum Gasteiger partial charge on any atom is 0.226 e. The minimum atomic E-state index is 0.225. The molecule has 0 aliphatic heterocycles. The Balaban J connectivity index is 1.94. The fourth-order valence-electron chi connectivity index (χ4n) is 2.41. The molecule has 3 rings (SSSR count). The lowest BCUT2D eigenvalue weighted by atomic mass is 9.90. The molecule has 0 bridgehead atoms. The molecule has 0 radical (unpaired) electrons. The number of nitrogens with zero attached hydrogens (tertiary/aromatic N) is 1. The van der Waals surface area contributed by atoms with Gasteiger partial charge in [-0.2, -0.15) is 0 Å². The smallest absolute Gasteiger partial charge is 0.226 e. The number of benzene rings is 1. The van der Waals surface area contributed by atoms with Gasteiger partial charge in [0.15, 0.2) is 0 Å². The maximum atomic E-state index is 9.47. The predicted molar refractivity (Wildman–Crippen MR) is 68.2 cm³/mol. The largest absolute Gasteiger partial charge is 0.508 e. The van der Waals surface area contributed by atoms with Crippen LogP contribution in [-0.2, 0) is 12.8 Å². The van der Waals surface area contributed by atoms with E-state index in [0.29, 0.717) is 18.4 Å². The van der Waals surface area contributed by atoms with Crippen molar-refractivity contribution in [3.05, 3.63) is 35.7 Å². The van der Waals surface area contributed by atoms with Crippen LogP contribution in [0, 0.1) is 5.92 Å². The molecule has 94 valence electrons. The number of aryl methyl sites for hydroxylation is 1. The van der Waals surface area contributed by atoms with Crippen molar-refractivity contribution in [2.75, 3.05) is 6.54 Å². The minimum Gasteiger partial charge on any atom is -0.508 e. The van der Waals surface area contributed by atoms with Crippen molar-refractivity contribution < 1.29 is 9.52 Å². The Kier molecular flexibility index (Phi) is 2.80. The number of hydrogen-bond acceptors (Lipinski definition) is 4. The van der Waals surface area contributed by atoms with Crippen LogP contribution in [0.3, 0.4) is 0 Å². The van der Waals surface area contributed by atoms with Crippen LogP contribution in [-0.4, -0.2) is 16.6 Å². The first-order chi connectivity index (χ1) is 8.76. The van der Waals surface area contributed by atoms with E-state index in [9.17, 15) is 5.11 Å². The Bertz CT molecular complexity index is 563. The van der Waals surface area contributed by atoms with Crippen molar-refractivity contribution in [1.29, 1.82) is 0 Å². The Hall–Kier alpha value is -1.81. The number of oxazole rings is 1. The third-order valence-electron chi connectivity index (χ3n) is 3.47. The van der Waals surface area contributed by atoms with E-state index in [-0.39, 0.29) is 5.75 Å². The van der Waals surface area contributed by atoms with Crippen LogP contribution in [0.15, 0.2) is 28.7 Å². The fraction of sp³-hybridized carbons (Fsp3) is 0.357. The molecule has 1 unspecified atom stereocenters. The van der Waals surface area contributed by atoms with Gasteiger partial charge in [0, 0.05) is 12.0 Å². The maximum absolute atomic E-state index is 9.47. The monoisotopic (exact) mass is 244 g/mol. The molecule has 1 atom stereocenters. The Labute approximate surface area is 105 Å². The molecule has 0 saturated carbocycles. The number of nitrogens with two attached hydrogens (primary N) is 1. The second-order valence-corrected chi connectivity index (χ2v) is 4.78. The van der Waals surface area contributed by atoms with Crippen LogP contribution in [0.25, 0.3) is 11.5 Å². The van der Waals surface area contributed by atoms with Crippen LogP contribution in [0.2, 0.25) is 0 Å². The van der Waals surface area contributed by atoms with E-state index >= 15 is 0 Å². The zero-order chi connectivity index (χ0) is 12.5. The second-order valence-electron chi connectivity index (χ2n) is 4.78.